The van der Waals surface area contributed by atoms with Crippen LogP contribution in [0.15, 0.2) is 71.8 Å². The summed E-state index contributed by atoms with van der Waals surface area (Å²) < 4.78 is 10.6. The quantitative estimate of drug-likeness (QED) is 0.237. The number of ether oxygens (including phenoxy) is 2. The molecule has 0 saturated heterocycles. The Morgan fingerprint density at radius 3 is 2.37 bits per heavy atom. The van der Waals surface area contributed by atoms with Gasteiger partial charge in [0.1, 0.15) is 11.5 Å². The fraction of sp³-hybridized carbons (Fsp3) is 0.0833. The standard InChI is InChI=1S/C24H20Cl2N4O5/c1-34-21-10-7-17(26)12-20(21)29-23(32)24(33)30-27-13-15-5-8-19(9-6-15)35-14-22(31)28-18-4-2-3-16(25)11-18/h2-13H,14H2,1H3,(H,28,31)(H,29,32)(H,30,33)/b27-13-. The molecule has 3 aromatic carbocycles. The summed E-state index contributed by atoms with van der Waals surface area (Å²) in [5.41, 5.74) is 3.58. The van der Waals surface area contributed by atoms with Gasteiger partial charge in [-0.3, -0.25) is 14.4 Å². The molecule has 11 heteroatoms. The number of nitrogens with one attached hydrogen (secondary N) is 3. The van der Waals surface area contributed by atoms with E-state index in [1.54, 1.807) is 60.7 Å². The first kappa shape index (κ1) is 25.5. The molecule has 0 heterocycles. The number of hydrogen-bond acceptors (Lipinski definition) is 6. The van der Waals surface area contributed by atoms with Crippen molar-refractivity contribution >= 4 is 58.5 Å². The Balaban J connectivity index is 1.46. The van der Waals surface area contributed by atoms with Crippen molar-refractivity contribution in [3.8, 4) is 11.5 Å². The molecule has 3 aromatic rings. The van der Waals surface area contributed by atoms with Gasteiger partial charge in [-0.25, -0.2) is 5.43 Å². The SMILES string of the molecule is COc1ccc(Cl)cc1NC(=O)C(=O)N/N=C\c1ccc(OCC(=O)Nc2cccc(Cl)c2)cc1. The van der Waals surface area contributed by atoms with Crippen molar-refractivity contribution in [1.29, 1.82) is 0 Å². The molecule has 0 spiro atoms. The van der Waals surface area contributed by atoms with Crippen LogP contribution in [-0.2, 0) is 14.4 Å². The Kier molecular flexibility index (Phi) is 9.05. The lowest BCUT2D eigenvalue weighted by atomic mass is 10.2. The minimum absolute atomic E-state index is 0.192. The highest BCUT2D eigenvalue weighted by atomic mass is 35.5. The average molecular weight is 515 g/mol. The zero-order valence-corrected chi connectivity index (χ0v) is 19.9. The zero-order valence-electron chi connectivity index (χ0n) is 18.4. The molecule has 0 atom stereocenters. The van der Waals surface area contributed by atoms with Gasteiger partial charge in [0.25, 0.3) is 5.91 Å². The molecule has 3 N–H and O–H groups in total. The fourth-order valence-electron chi connectivity index (χ4n) is 2.74. The number of nitrogens with zero attached hydrogens (tertiary/aromatic N) is 1. The summed E-state index contributed by atoms with van der Waals surface area (Å²) in [5, 5.41) is 9.74. The monoisotopic (exact) mass is 514 g/mol. The minimum atomic E-state index is -0.978. The third-order valence-electron chi connectivity index (χ3n) is 4.35. The van der Waals surface area contributed by atoms with Crippen LogP contribution in [-0.4, -0.2) is 37.7 Å². The van der Waals surface area contributed by atoms with Gasteiger partial charge in [-0.15, -0.1) is 0 Å². The molecular formula is C24H20Cl2N4O5. The van der Waals surface area contributed by atoms with E-state index in [4.69, 9.17) is 32.7 Å². The van der Waals surface area contributed by atoms with Crippen molar-refractivity contribution in [1.82, 2.24) is 5.43 Å². The lowest BCUT2D eigenvalue weighted by Crippen LogP contribution is -2.32. The van der Waals surface area contributed by atoms with Crippen molar-refractivity contribution in [2.45, 2.75) is 0 Å². The predicted octanol–water partition coefficient (Wildman–Crippen LogP) is 4.11. The van der Waals surface area contributed by atoms with Gasteiger partial charge in [-0.2, -0.15) is 5.10 Å². The van der Waals surface area contributed by atoms with Crippen LogP contribution in [0.2, 0.25) is 10.0 Å². The highest BCUT2D eigenvalue weighted by molar-refractivity contribution is 6.40. The van der Waals surface area contributed by atoms with E-state index >= 15 is 0 Å². The molecule has 0 aliphatic heterocycles. The van der Waals surface area contributed by atoms with Crippen molar-refractivity contribution in [2.75, 3.05) is 24.4 Å². The summed E-state index contributed by atoms with van der Waals surface area (Å²) in [6.45, 7) is -0.192. The molecular weight excluding hydrogens is 495 g/mol. The molecule has 0 unspecified atom stereocenters. The van der Waals surface area contributed by atoms with E-state index in [0.29, 0.717) is 32.8 Å². The molecule has 0 aliphatic rings. The lowest BCUT2D eigenvalue weighted by Gasteiger charge is -2.09. The number of halogens is 2. The van der Waals surface area contributed by atoms with E-state index < -0.39 is 11.8 Å². The van der Waals surface area contributed by atoms with Gasteiger partial charge in [0.2, 0.25) is 0 Å². The van der Waals surface area contributed by atoms with Crippen LogP contribution in [0, 0.1) is 0 Å². The molecule has 0 aromatic heterocycles. The van der Waals surface area contributed by atoms with Crippen LogP contribution in [0.4, 0.5) is 11.4 Å². The number of carbonyl (C=O) groups is 3. The first-order valence-corrected chi connectivity index (χ1v) is 10.9. The highest BCUT2D eigenvalue weighted by Crippen LogP contribution is 2.27. The van der Waals surface area contributed by atoms with E-state index in [1.807, 2.05) is 0 Å². The van der Waals surface area contributed by atoms with Gasteiger partial charge in [0, 0.05) is 15.7 Å². The van der Waals surface area contributed by atoms with E-state index in [0.717, 1.165) is 0 Å². The maximum Gasteiger partial charge on any atom is 0.329 e. The van der Waals surface area contributed by atoms with Crippen LogP contribution < -0.4 is 25.5 Å². The number of rotatable bonds is 8. The number of hydrogen-bond donors (Lipinski definition) is 3. The number of hydrazone groups is 1. The molecule has 0 fully saturated rings. The summed E-state index contributed by atoms with van der Waals surface area (Å²) in [7, 11) is 1.43. The van der Waals surface area contributed by atoms with Crippen LogP contribution in [0.1, 0.15) is 5.56 Å². The number of methoxy groups -OCH3 is 1. The van der Waals surface area contributed by atoms with Crippen molar-refractivity contribution in [3.63, 3.8) is 0 Å². The van der Waals surface area contributed by atoms with Gasteiger partial charge >= 0.3 is 11.8 Å². The molecule has 180 valence electrons. The second-order valence-electron chi connectivity index (χ2n) is 6.91. The second-order valence-corrected chi connectivity index (χ2v) is 7.79. The first-order chi connectivity index (χ1) is 16.8. The van der Waals surface area contributed by atoms with Crippen LogP contribution >= 0.6 is 23.2 Å². The molecule has 3 rings (SSSR count). The second kappa shape index (κ2) is 12.4. The Morgan fingerprint density at radius 1 is 0.914 bits per heavy atom. The fourth-order valence-corrected chi connectivity index (χ4v) is 3.10. The first-order valence-electron chi connectivity index (χ1n) is 10.1. The number of anilines is 2. The van der Waals surface area contributed by atoms with Gasteiger partial charge in [-0.1, -0.05) is 29.3 Å². The number of amides is 3. The zero-order chi connectivity index (χ0) is 25.2. The summed E-state index contributed by atoms with van der Waals surface area (Å²) in [4.78, 5) is 36.1. The summed E-state index contributed by atoms with van der Waals surface area (Å²) in [6.07, 6.45) is 1.35. The Hall–Kier alpha value is -4.08. The number of carbonyl (C=O) groups excluding carboxylic acids is 3. The van der Waals surface area contributed by atoms with E-state index in [2.05, 4.69) is 21.2 Å². The summed E-state index contributed by atoms with van der Waals surface area (Å²) in [6, 6.07) is 18.0. The largest absolute Gasteiger partial charge is 0.495 e. The third kappa shape index (κ3) is 8.02. The van der Waals surface area contributed by atoms with Gasteiger partial charge in [-0.05, 0) is 66.2 Å². The number of benzene rings is 3. The lowest BCUT2D eigenvalue weighted by molar-refractivity contribution is -0.136. The molecule has 0 saturated carbocycles. The van der Waals surface area contributed by atoms with Gasteiger partial charge < -0.3 is 20.1 Å². The van der Waals surface area contributed by atoms with Crippen LogP contribution in [0.5, 0.6) is 11.5 Å². The molecule has 35 heavy (non-hydrogen) atoms. The summed E-state index contributed by atoms with van der Waals surface area (Å²) in [5.74, 6) is -1.45. The van der Waals surface area contributed by atoms with Crippen molar-refractivity contribution < 1.29 is 23.9 Å². The van der Waals surface area contributed by atoms with E-state index in [9.17, 15) is 14.4 Å². The predicted molar refractivity (Wildman–Crippen MR) is 134 cm³/mol. The minimum Gasteiger partial charge on any atom is -0.495 e. The van der Waals surface area contributed by atoms with E-state index in [-0.39, 0.29) is 18.2 Å². The van der Waals surface area contributed by atoms with Crippen LogP contribution in [0.3, 0.4) is 0 Å². The maximum absolute atomic E-state index is 12.1. The highest BCUT2D eigenvalue weighted by Gasteiger charge is 2.15. The summed E-state index contributed by atoms with van der Waals surface area (Å²) >= 11 is 11.8. The van der Waals surface area contributed by atoms with Gasteiger partial charge in [0.05, 0.1) is 19.0 Å². The molecule has 0 bridgehead atoms. The van der Waals surface area contributed by atoms with Gasteiger partial charge in [0.15, 0.2) is 6.61 Å². The molecule has 0 radical (unpaired) electrons. The van der Waals surface area contributed by atoms with Crippen molar-refractivity contribution in [3.05, 3.63) is 82.3 Å². The Morgan fingerprint density at radius 2 is 1.66 bits per heavy atom. The van der Waals surface area contributed by atoms with Crippen LogP contribution in [0.25, 0.3) is 0 Å². The average Bonchev–Trinajstić information content (AvgIpc) is 2.83. The molecule has 9 nitrogen and oxygen atoms in total. The topological polar surface area (TPSA) is 118 Å². The van der Waals surface area contributed by atoms with Crippen molar-refractivity contribution in [2.24, 2.45) is 5.10 Å². The molecule has 0 aliphatic carbocycles. The Bertz CT molecular complexity index is 1250. The smallest absolute Gasteiger partial charge is 0.329 e. The Labute approximate surface area is 211 Å². The molecule has 3 amide bonds. The maximum atomic E-state index is 12.1. The third-order valence-corrected chi connectivity index (χ3v) is 4.82. The van der Waals surface area contributed by atoms with E-state index in [1.165, 1.54) is 19.4 Å². The normalized spacial score (nSPS) is 10.5.